The van der Waals surface area contributed by atoms with Gasteiger partial charge in [-0.25, -0.2) is 5.01 Å². The number of aliphatic carboxylic acids is 1. The van der Waals surface area contributed by atoms with Crippen LogP contribution in [0.1, 0.15) is 48.0 Å². The number of amides is 4. The number of nitrogens with zero attached hydrogens (tertiary/aromatic N) is 2. The van der Waals surface area contributed by atoms with Crippen molar-refractivity contribution in [1.29, 1.82) is 0 Å². The first-order valence-corrected chi connectivity index (χ1v) is 13.9. The molecule has 2 fully saturated rings. The summed E-state index contributed by atoms with van der Waals surface area (Å²) in [6.07, 6.45) is -0.135. The number of hydrogen-bond acceptors (Lipinski definition) is 7. The number of carbonyl (C=O) groups excluding carboxylic acids is 5. The molecule has 4 rings (SSSR count). The monoisotopic (exact) mass is 598 g/mol. The van der Waals surface area contributed by atoms with E-state index in [1.54, 1.807) is 54.6 Å². The van der Waals surface area contributed by atoms with Gasteiger partial charge < -0.3 is 20.5 Å². The van der Waals surface area contributed by atoms with Crippen LogP contribution in [-0.2, 0) is 35.3 Å². The van der Waals surface area contributed by atoms with Gasteiger partial charge in [0.15, 0.2) is 5.78 Å². The molecule has 0 spiro atoms. The molecule has 3 N–H and O–H groups in total. The number of halogens is 1. The average molecular weight is 599 g/mol. The van der Waals surface area contributed by atoms with Crippen molar-refractivity contribution in [2.45, 2.75) is 56.8 Å². The molecular weight excluding hydrogens is 568 g/mol. The maximum absolute atomic E-state index is 13.7. The van der Waals surface area contributed by atoms with Crippen molar-refractivity contribution in [2.24, 2.45) is 0 Å². The van der Waals surface area contributed by atoms with E-state index in [0.717, 1.165) is 5.01 Å². The molecule has 2 aromatic carbocycles. The van der Waals surface area contributed by atoms with E-state index in [4.69, 9.17) is 16.3 Å². The number of Topliss-reactive ketones (excluding diaryl/α,β-unsaturated/α-hetero) is 1. The van der Waals surface area contributed by atoms with Crippen LogP contribution in [0.2, 0.25) is 5.02 Å². The molecule has 2 aromatic rings. The van der Waals surface area contributed by atoms with Crippen LogP contribution < -0.4 is 10.6 Å². The van der Waals surface area contributed by atoms with Gasteiger partial charge in [0.2, 0.25) is 11.8 Å². The number of nitrogens with one attached hydrogen (secondary N) is 2. The normalized spacial score (nSPS) is 19.4. The quantitative estimate of drug-likeness (QED) is 0.352. The van der Waals surface area contributed by atoms with Crippen LogP contribution >= 0.6 is 11.6 Å². The van der Waals surface area contributed by atoms with Crippen molar-refractivity contribution in [2.75, 3.05) is 13.2 Å². The fraction of sp³-hybridized carbons (Fsp3) is 0.379. The molecule has 0 bridgehead atoms. The van der Waals surface area contributed by atoms with Crippen molar-refractivity contribution < 1.29 is 38.6 Å². The smallest absolute Gasteiger partial charge is 0.305 e. The van der Waals surface area contributed by atoms with Crippen molar-refractivity contribution >= 4 is 47.0 Å². The van der Waals surface area contributed by atoms with Gasteiger partial charge in [0.25, 0.3) is 11.8 Å². The number of ketones is 1. The summed E-state index contributed by atoms with van der Waals surface area (Å²) in [7, 11) is 0. The lowest BCUT2D eigenvalue weighted by Crippen LogP contribution is -2.64. The number of carbonyl (C=O) groups is 6. The zero-order valence-corrected chi connectivity index (χ0v) is 23.4. The van der Waals surface area contributed by atoms with E-state index < -0.39 is 60.6 Å². The summed E-state index contributed by atoms with van der Waals surface area (Å²) < 4.78 is 5.44. The Morgan fingerprint density at radius 2 is 1.74 bits per heavy atom. The van der Waals surface area contributed by atoms with Crippen molar-refractivity contribution in [3.05, 3.63) is 70.7 Å². The molecule has 2 aliphatic rings. The fourth-order valence-corrected chi connectivity index (χ4v) is 5.09. The van der Waals surface area contributed by atoms with E-state index in [9.17, 15) is 33.9 Å². The van der Waals surface area contributed by atoms with Crippen molar-refractivity contribution in [3.63, 3.8) is 0 Å². The number of hydrazine groups is 1. The molecule has 222 valence electrons. The minimum atomic E-state index is -1.44. The Balaban J connectivity index is 1.46. The summed E-state index contributed by atoms with van der Waals surface area (Å²) in [5, 5.41) is 17.2. The summed E-state index contributed by atoms with van der Waals surface area (Å²) in [5.74, 6) is -4.33. The van der Waals surface area contributed by atoms with Crippen molar-refractivity contribution in [3.8, 4) is 0 Å². The van der Waals surface area contributed by atoms with Crippen LogP contribution in [0.25, 0.3) is 0 Å². The highest BCUT2D eigenvalue weighted by Gasteiger charge is 2.45. The molecule has 3 atom stereocenters. The van der Waals surface area contributed by atoms with E-state index in [1.165, 1.54) is 5.01 Å². The summed E-state index contributed by atoms with van der Waals surface area (Å²) in [6.45, 7) is -0.298. The second kappa shape index (κ2) is 14.1. The average Bonchev–Trinajstić information content (AvgIpc) is 3.10. The summed E-state index contributed by atoms with van der Waals surface area (Å²) >= 11 is 6.10. The maximum atomic E-state index is 13.7. The SMILES string of the molecule is O=C(O)CC(NC(=O)[C@@H]1CCCN2C(=O)CC[C@H](NC(=O)c3ccccc3)C(=O)N12)C(=O)COCc1ccccc1Cl. The maximum Gasteiger partial charge on any atom is 0.305 e. The fourth-order valence-electron chi connectivity index (χ4n) is 4.90. The topological polar surface area (TPSA) is 162 Å². The second-order valence-corrected chi connectivity index (χ2v) is 10.4. The Bertz CT molecular complexity index is 1350. The highest BCUT2D eigenvalue weighted by molar-refractivity contribution is 6.31. The largest absolute Gasteiger partial charge is 0.481 e. The van der Waals surface area contributed by atoms with Gasteiger partial charge in [-0.3, -0.25) is 33.8 Å². The predicted octanol–water partition coefficient (Wildman–Crippen LogP) is 1.71. The molecule has 2 saturated heterocycles. The van der Waals surface area contributed by atoms with E-state index in [-0.39, 0.29) is 38.3 Å². The Hall–Kier alpha value is -4.29. The Morgan fingerprint density at radius 3 is 2.45 bits per heavy atom. The Labute approximate surface area is 246 Å². The number of benzene rings is 2. The van der Waals surface area contributed by atoms with Gasteiger partial charge in [-0.05, 0) is 43.0 Å². The van der Waals surface area contributed by atoms with Gasteiger partial charge in [0.1, 0.15) is 24.7 Å². The number of hydrogen-bond donors (Lipinski definition) is 3. The number of fused-ring (bicyclic) bond motifs is 1. The van der Waals surface area contributed by atoms with E-state index >= 15 is 0 Å². The zero-order valence-electron chi connectivity index (χ0n) is 22.7. The highest BCUT2D eigenvalue weighted by atomic mass is 35.5. The molecule has 0 radical (unpaired) electrons. The van der Waals surface area contributed by atoms with Crippen molar-refractivity contribution in [1.82, 2.24) is 20.7 Å². The van der Waals surface area contributed by atoms with Gasteiger partial charge in [-0.15, -0.1) is 0 Å². The van der Waals surface area contributed by atoms with Gasteiger partial charge >= 0.3 is 5.97 Å². The molecule has 13 heteroatoms. The van der Waals surface area contributed by atoms with Crippen LogP contribution in [0.5, 0.6) is 0 Å². The van der Waals surface area contributed by atoms with Crippen LogP contribution in [-0.4, -0.2) is 81.8 Å². The molecule has 42 heavy (non-hydrogen) atoms. The minimum absolute atomic E-state index is 0.00276. The van der Waals surface area contributed by atoms with E-state index in [2.05, 4.69) is 10.6 Å². The molecule has 0 aromatic heterocycles. The third-order valence-electron chi connectivity index (χ3n) is 7.05. The third-order valence-corrected chi connectivity index (χ3v) is 7.42. The minimum Gasteiger partial charge on any atom is -0.481 e. The zero-order chi connectivity index (χ0) is 30.2. The first-order valence-electron chi connectivity index (χ1n) is 13.5. The van der Waals surface area contributed by atoms with Crippen LogP contribution in [0.3, 0.4) is 0 Å². The summed E-state index contributed by atoms with van der Waals surface area (Å²) in [6, 6.07) is 11.4. The van der Waals surface area contributed by atoms with Gasteiger partial charge in [-0.1, -0.05) is 48.0 Å². The lowest BCUT2D eigenvalue weighted by Gasteiger charge is -2.43. The van der Waals surface area contributed by atoms with Gasteiger partial charge in [-0.2, -0.15) is 0 Å². The molecule has 12 nitrogen and oxygen atoms in total. The number of carboxylic acid groups (broad SMARTS) is 1. The molecule has 0 saturated carbocycles. The Kier molecular flexibility index (Phi) is 10.3. The molecule has 2 aliphatic heterocycles. The van der Waals surface area contributed by atoms with Gasteiger partial charge in [0, 0.05) is 23.6 Å². The van der Waals surface area contributed by atoms with Crippen LogP contribution in [0.15, 0.2) is 54.6 Å². The predicted molar refractivity (Wildman–Crippen MR) is 149 cm³/mol. The second-order valence-electron chi connectivity index (χ2n) is 10.00. The number of ether oxygens (including phenoxy) is 1. The molecule has 1 unspecified atom stereocenters. The van der Waals surface area contributed by atoms with E-state index in [0.29, 0.717) is 22.6 Å². The number of rotatable bonds is 11. The first kappa shape index (κ1) is 30.7. The highest BCUT2D eigenvalue weighted by Crippen LogP contribution is 2.25. The lowest BCUT2D eigenvalue weighted by atomic mass is 10.0. The molecule has 0 aliphatic carbocycles. The molecule has 2 heterocycles. The van der Waals surface area contributed by atoms with E-state index in [1.807, 2.05) is 0 Å². The summed E-state index contributed by atoms with van der Waals surface area (Å²) in [5.41, 5.74) is 0.962. The van der Waals surface area contributed by atoms with Crippen LogP contribution in [0.4, 0.5) is 0 Å². The lowest BCUT2D eigenvalue weighted by molar-refractivity contribution is -0.176. The molecular formula is C29H31ClN4O8. The first-order chi connectivity index (χ1) is 20.2. The summed E-state index contributed by atoms with van der Waals surface area (Å²) in [4.78, 5) is 77.3. The Morgan fingerprint density at radius 1 is 1.02 bits per heavy atom. The standard InChI is InChI=1S/C29H31ClN4O8/c30-20-10-5-4-9-19(20)16-42-17-24(35)22(15-26(37)38)32-28(40)23-11-6-14-33-25(36)13-12-21(29(41)34(23)33)31-27(39)18-7-2-1-3-8-18/h1-5,7-10,21-23H,6,11-17H2,(H,31,39)(H,32,40)(H,37,38)/t21-,22?,23-/m0/s1. The van der Waals surface area contributed by atoms with Crippen LogP contribution in [0, 0.1) is 0 Å². The third kappa shape index (κ3) is 7.51. The number of carboxylic acids is 1. The van der Waals surface area contributed by atoms with Gasteiger partial charge in [0.05, 0.1) is 13.0 Å². The molecule has 4 amide bonds.